The van der Waals surface area contributed by atoms with Crippen LogP contribution in [0.3, 0.4) is 0 Å². The Morgan fingerprint density at radius 1 is 1.41 bits per heavy atom. The van der Waals surface area contributed by atoms with Gasteiger partial charge in [-0.25, -0.2) is 14.8 Å². The number of aromatic nitrogens is 2. The molecule has 1 aromatic rings. The highest BCUT2D eigenvalue weighted by molar-refractivity contribution is 7.98. The fourth-order valence-electron chi connectivity index (χ4n) is 1.37. The lowest BCUT2D eigenvalue weighted by atomic mass is 10.2. The monoisotopic (exact) mass is 254 g/mol. The van der Waals surface area contributed by atoms with Crippen LogP contribution < -0.4 is 0 Å². The molecule has 17 heavy (non-hydrogen) atoms. The van der Waals surface area contributed by atoms with Crippen molar-refractivity contribution < 1.29 is 9.53 Å². The predicted molar refractivity (Wildman–Crippen MR) is 69.2 cm³/mol. The fourth-order valence-corrected chi connectivity index (χ4v) is 1.90. The average molecular weight is 254 g/mol. The highest BCUT2D eigenvalue weighted by Crippen LogP contribution is 2.12. The van der Waals surface area contributed by atoms with Crippen molar-refractivity contribution in [2.24, 2.45) is 0 Å². The Morgan fingerprint density at radius 2 is 2.18 bits per heavy atom. The Hall–Kier alpha value is -1.10. The third kappa shape index (κ3) is 4.00. The van der Waals surface area contributed by atoms with E-state index in [2.05, 4.69) is 16.9 Å². The Balaban J connectivity index is 2.88. The first-order chi connectivity index (χ1) is 8.22. The molecule has 0 fully saturated rings. The zero-order chi connectivity index (χ0) is 12.7. The highest BCUT2D eigenvalue weighted by Gasteiger charge is 2.14. The van der Waals surface area contributed by atoms with Gasteiger partial charge < -0.3 is 4.74 Å². The summed E-state index contributed by atoms with van der Waals surface area (Å²) in [5, 5.41) is 0. The molecule has 0 radical (unpaired) electrons. The number of ether oxygens (including phenoxy) is 1. The molecule has 0 atom stereocenters. The first-order valence-corrected chi connectivity index (χ1v) is 6.98. The van der Waals surface area contributed by atoms with Gasteiger partial charge in [-0.1, -0.05) is 13.8 Å². The van der Waals surface area contributed by atoms with Crippen molar-refractivity contribution in [3.8, 4) is 0 Å². The van der Waals surface area contributed by atoms with Crippen LogP contribution in [0, 0.1) is 0 Å². The van der Waals surface area contributed by atoms with E-state index in [4.69, 9.17) is 4.74 Å². The van der Waals surface area contributed by atoms with Gasteiger partial charge in [0.25, 0.3) is 0 Å². The molecule has 0 saturated carbocycles. The number of rotatable bonds is 6. The fraction of sp³-hybridized carbons (Fsp3) is 0.583. The molecule has 1 heterocycles. The maximum absolute atomic E-state index is 11.6. The molecule has 0 aliphatic rings. The lowest BCUT2D eigenvalue weighted by Crippen LogP contribution is -2.11. The number of thioether (sulfide) groups is 1. The normalized spacial score (nSPS) is 10.3. The smallest absolute Gasteiger partial charge is 0.341 e. The molecule has 0 amide bonds. The van der Waals surface area contributed by atoms with Crippen LogP contribution in [0.15, 0.2) is 6.20 Å². The molecule has 0 aliphatic carbocycles. The molecule has 1 rings (SSSR count). The summed E-state index contributed by atoms with van der Waals surface area (Å²) in [5.41, 5.74) is 1.25. The largest absolute Gasteiger partial charge is 0.462 e. The van der Waals surface area contributed by atoms with Gasteiger partial charge in [0.1, 0.15) is 5.82 Å². The number of hydrogen-bond donors (Lipinski definition) is 0. The average Bonchev–Trinajstić information content (AvgIpc) is 2.36. The van der Waals surface area contributed by atoms with Crippen LogP contribution in [0.4, 0.5) is 0 Å². The molecular formula is C12H18N2O2S. The minimum atomic E-state index is -0.334. The van der Waals surface area contributed by atoms with Gasteiger partial charge in [0.2, 0.25) is 0 Å². The molecule has 0 unspecified atom stereocenters. The Kier molecular flexibility index (Phi) is 5.97. The standard InChI is InChI=1S/C12H18N2O2S/c1-4-10-9(12(15)16-5-2)7-13-11(14-10)8-17-6-3/h7H,4-6,8H2,1-3H3. The van der Waals surface area contributed by atoms with Crippen molar-refractivity contribution in [1.82, 2.24) is 9.97 Å². The summed E-state index contributed by atoms with van der Waals surface area (Å²) in [6.45, 7) is 6.23. The molecular weight excluding hydrogens is 236 g/mol. The van der Waals surface area contributed by atoms with E-state index >= 15 is 0 Å². The van der Waals surface area contributed by atoms with Crippen molar-refractivity contribution in [2.45, 2.75) is 32.9 Å². The molecule has 0 saturated heterocycles. The number of aryl methyl sites for hydroxylation is 1. The number of hydrogen-bond acceptors (Lipinski definition) is 5. The van der Waals surface area contributed by atoms with Crippen LogP contribution >= 0.6 is 11.8 Å². The number of carbonyl (C=O) groups is 1. The van der Waals surface area contributed by atoms with Crippen LogP contribution in [-0.2, 0) is 16.9 Å². The minimum Gasteiger partial charge on any atom is -0.462 e. The predicted octanol–water partition coefficient (Wildman–Crippen LogP) is 2.47. The molecule has 0 spiro atoms. The summed E-state index contributed by atoms with van der Waals surface area (Å²) in [4.78, 5) is 20.2. The third-order valence-corrected chi connectivity index (χ3v) is 3.05. The minimum absolute atomic E-state index is 0.334. The highest BCUT2D eigenvalue weighted by atomic mass is 32.2. The van der Waals surface area contributed by atoms with Crippen LogP contribution in [0.5, 0.6) is 0 Å². The molecule has 1 aromatic heterocycles. The summed E-state index contributed by atoms with van der Waals surface area (Å²) in [5.74, 6) is 2.26. The Morgan fingerprint density at radius 3 is 2.76 bits per heavy atom. The van der Waals surface area contributed by atoms with E-state index in [1.54, 1.807) is 24.9 Å². The molecule has 0 aromatic carbocycles. The van der Waals surface area contributed by atoms with Crippen molar-refractivity contribution in [1.29, 1.82) is 0 Å². The molecule has 4 nitrogen and oxygen atoms in total. The molecule has 94 valence electrons. The summed E-state index contributed by atoms with van der Waals surface area (Å²) in [7, 11) is 0. The van der Waals surface area contributed by atoms with Gasteiger partial charge in [0.05, 0.1) is 23.6 Å². The van der Waals surface area contributed by atoms with Crippen LogP contribution in [0.1, 0.15) is 42.6 Å². The zero-order valence-electron chi connectivity index (χ0n) is 10.5. The summed E-state index contributed by atoms with van der Waals surface area (Å²) < 4.78 is 4.97. The first kappa shape index (κ1) is 14.0. The van der Waals surface area contributed by atoms with Crippen LogP contribution in [0.2, 0.25) is 0 Å². The third-order valence-electron chi connectivity index (χ3n) is 2.18. The van der Waals surface area contributed by atoms with Crippen molar-refractivity contribution in [2.75, 3.05) is 12.4 Å². The number of nitrogens with zero attached hydrogens (tertiary/aromatic N) is 2. The van der Waals surface area contributed by atoms with Crippen LogP contribution in [0.25, 0.3) is 0 Å². The van der Waals surface area contributed by atoms with Gasteiger partial charge in [-0.15, -0.1) is 0 Å². The number of esters is 1. The summed E-state index contributed by atoms with van der Waals surface area (Å²) in [6, 6.07) is 0. The Labute approximate surface area is 106 Å². The second-order valence-corrected chi connectivity index (χ2v) is 4.63. The lowest BCUT2D eigenvalue weighted by Gasteiger charge is -2.07. The number of carbonyl (C=O) groups excluding carboxylic acids is 1. The van der Waals surface area contributed by atoms with E-state index in [1.165, 1.54) is 0 Å². The van der Waals surface area contributed by atoms with E-state index in [-0.39, 0.29) is 5.97 Å². The maximum atomic E-state index is 11.6. The van der Waals surface area contributed by atoms with Gasteiger partial charge in [-0.05, 0) is 19.1 Å². The first-order valence-electron chi connectivity index (χ1n) is 5.82. The van der Waals surface area contributed by atoms with Crippen LogP contribution in [-0.4, -0.2) is 28.3 Å². The van der Waals surface area contributed by atoms with Gasteiger partial charge >= 0.3 is 5.97 Å². The lowest BCUT2D eigenvalue weighted by molar-refractivity contribution is 0.0524. The van der Waals surface area contributed by atoms with Crippen molar-refractivity contribution in [3.63, 3.8) is 0 Å². The molecule has 5 heteroatoms. The Bertz CT molecular complexity index is 383. The van der Waals surface area contributed by atoms with Gasteiger partial charge in [-0.2, -0.15) is 11.8 Å². The summed E-state index contributed by atoms with van der Waals surface area (Å²) in [6.07, 6.45) is 2.29. The van der Waals surface area contributed by atoms with Gasteiger partial charge in [0, 0.05) is 6.20 Å². The second kappa shape index (κ2) is 7.27. The van der Waals surface area contributed by atoms with Crippen molar-refractivity contribution in [3.05, 3.63) is 23.3 Å². The van der Waals surface area contributed by atoms with Gasteiger partial charge in [-0.3, -0.25) is 0 Å². The molecule has 0 N–H and O–H groups in total. The van der Waals surface area contributed by atoms with E-state index in [9.17, 15) is 4.79 Å². The van der Waals surface area contributed by atoms with E-state index < -0.39 is 0 Å². The van der Waals surface area contributed by atoms with Crippen molar-refractivity contribution >= 4 is 17.7 Å². The molecule has 0 bridgehead atoms. The molecule has 0 aliphatic heterocycles. The topological polar surface area (TPSA) is 52.1 Å². The SMILES string of the molecule is CCOC(=O)c1cnc(CSCC)nc1CC. The maximum Gasteiger partial charge on any atom is 0.341 e. The summed E-state index contributed by atoms with van der Waals surface area (Å²) >= 11 is 1.76. The zero-order valence-corrected chi connectivity index (χ0v) is 11.3. The van der Waals surface area contributed by atoms with E-state index in [1.807, 2.05) is 6.92 Å². The van der Waals surface area contributed by atoms with E-state index in [0.717, 1.165) is 23.0 Å². The second-order valence-electron chi connectivity index (χ2n) is 3.36. The van der Waals surface area contributed by atoms with E-state index in [0.29, 0.717) is 18.6 Å². The van der Waals surface area contributed by atoms with Gasteiger partial charge in [0.15, 0.2) is 0 Å². The quantitative estimate of drug-likeness (QED) is 0.730.